The molecule has 0 N–H and O–H groups in total. The summed E-state index contributed by atoms with van der Waals surface area (Å²) in [6, 6.07) is 0. The van der Waals surface area contributed by atoms with Crippen LogP contribution in [0.1, 0.15) is 13.8 Å². The minimum atomic E-state index is 0.671. The van der Waals surface area contributed by atoms with Crippen LogP contribution in [0.5, 0.6) is 0 Å². The fraction of sp³-hybridized carbons (Fsp3) is 0.833. The zero-order valence-corrected chi connectivity index (χ0v) is 5.52. The minimum Gasteiger partial charge on any atom is -0.379 e. The molecule has 0 spiro atoms. The van der Waals surface area contributed by atoms with E-state index in [2.05, 4.69) is 0 Å². The Balaban J connectivity index is 2.53. The molecule has 0 aromatic rings. The van der Waals surface area contributed by atoms with Crippen LogP contribution < -0.4 is 0 Å². The van der Waals surface area contributed by atoms with Crippen molar-refractivity contribution in [3.8, 4) is 0 Å². The van der Waals surface area contributed by atoms with E-state index in [4.69, 9.17) is 9.47 Å². The standard InChI is InChI=1S/C6H13O2/c1-3-7-5-6-8-4-2/h3H,4-6H2,1-2H3/q+1. The molecule has 0 saturated carbocycles. The van der Waals surface area contributed by atoms with Crippen LogP contribution in [-0.4, -0.2) is 19.8 Å². The molecule has 0 heterocycles. The molecule has 0 rings (SSSR count). The van der Waals surface area contributed by atoms with Crippen LogP contribution in [0.2, 0.25) is 0 Å². The summed E-state index contributed by atoms with van der Waals surface area (Å²) >= 11 is 0. The van der Waals surface area contributed by atoms with Crippen LogP contribution in [0.3, 0.4) is 0 Å². The second kappa shape index (κ2) is 6.79. The van der Waals surface area contributed by atoms with Gasteiger partial charge in [-0.05, 0) is 6.92 Å². The van der Waals surface area contributed by atoms with E-state index in [-0.39, 0.29) is 0 Å². The maximum Gasteiger partial charge on any atom is 0.224 e. The summed E-state index contributed by atoms with van der Waals surface area (Å²) in [5, 5.41) is 0. The highest BCUT2D eigenvalue weighted by atomic mass is 16.5. The van der Waals surface area contributed by atoms with E-state index >= 15 is 0 Å². The van der Waals surface area contributed by atoms with Gasteiger partial charge in [0.15, 0.2) is 0 Å². The van der Waals surface area contributed by atoms with Crippen molar-refractivity contribution >= 4 is 0 Å². The monoisotopic (exact) mass is 117 g/mol. The van der Waals surface area contributed by atoms with E-state index in [1.807, 2.05) is 13.8 Å². The molecule has 0 aliphatic heterocycles. The van der Waals surface area contributed by atoms with E-state index in [1.165, 1.54) is 0 Å². The van der Waals surface area contributed by atoms with Gasteiger partial charge >= 0.3 is 0 Å². The quantitative estimate of drug-likeness (QED) is 0.398. The summed E-state index contributed by atoms with van der Waals surface area (Å²) in [6.45, 7) is 7.62. The van der Waals surface area contributed by atoms with Gasteiger partial charge in [0, 0.05) is 6.61 Å². The predicted octanol–water partition coefficient (Wildman–Crippen LogP) is 1.22. The third-order valence-electron chi connectivity index (χ3n) is 0.716. The lowest BCUT2D eigenvalue weighted by molar-refractivity contribution is 0.0803. The molecule has 0 atom stereocenters. The summed E-state index contributed by atoms with van der Waals surface area (Å²) in [5.41, 5.74) is 0. The summed E-state index contributed by atoms with van der Waals surface area (Å²) in [4.78, 5) is 0. The third-order valence-corrected chi connectivity index (χ3v) is 0.716. The van der Waals surface area contributed by atoms with E-state index in [0.29, 0.717) is 13.2 Å². The third kappa shape index (κ3) is 5.79. The van der Waals surface area contributed by atoms with Crippen LogP contribution in [0.4, 0.5) is 0 Å². The second-order valence-electron chi connectivity index (χ2n) is 1.30. The zero-order chi connectivity index (χ0) is 6.24. The van der Waals surface area contributed by atoms with E-state index in [9.17, 15) is 0 Å². The first-order valence-electron chi connectivity index (χ1n) is 2.89. The lowest BCUT2D eigenvalue weighted by atomic mass is 10.7. The van der Waals surface area contributed by atoms with Gasteiger partial charge in [0.1, 0.15) is 13.5 Å². The van der Waals surface area contributed by atoms with Gasteiger partial charge in [0.2, 0.25) is 6.61 Å². The molecule has 8 heavy (non-hydrogen) atoms. The van der Waals surface area contributed by atoms with Crippen LogP contribution >= 0.6 is 0 Å². The summed E-state index contributed by atoms with van der Waals surface area (Å²) < 4.78 is 9.88. The van der Waals surface area contributed by atoms with Crippen LogP contribution in [0.25, 0.3) is 0 Å². The first-order valence-corrected chi connectivity index (χ1v) is 2.89. The van der Waals surface area contributed by atoms with E-state index in [0.717, 1.165) is 6.61 Å². The molecular formula is C6H13O2+. The fourth-order valence-electron chi connectivity index (χ4n) is 0.369. The smallest absolute Gasteiger partial charge is 0.224 e. The Labute approximate surface area is 50.8 Å². The molecule has 48 valence electrons. The van der Waals surface area contributed by atoms with Gasteiger partial charge in [0.25, 0.3) is 0 Å². The lowest BCUT2D eigenvalue weighted by Crippen LogP contribution is -2.00. The van der Waals surface area contributed by atoms with Gasteiger partial charge in [-0.15, -0.1) is 0 Å². The maximum atomic E-state index is 4.99. The normalized spacial score (nSPS) is 9.25. The van der Waals surface area contributed by atoms with Crippen LogP contribution in [0, 0.1) is 6.61 Å². The number of rotatable bonds is 5. The number of hydrogen-bond acceptors (Lipinski definition) is 2. The van der Waals surface area contributed by atoms with Crippen molar-refractivity contribution in [1.82, 2.24) is 0 Å². The Kier molecular flexibility index (Phi) is 6.61. The average molecular weight is 117 g/mol. The largest absolute Gasteiger partial charge is 0.379 e. The van der Waals surface area contributed by atoms with Gasteiger partial charge in [-0.25, -0.2) is 0 Å². The number of ether oxygens (including phenoxy) is 2. The van der Waals surface area contributed by atoms with Gasteiger partial charge in [-0.3, -0.25) is 0 Å². The summed E-state index contributed by atoms with van der Waals surface area (Å²) in [6.07, 6.45) is 0. The van der Waals surface area contributed by atoms with Crippen molar-refractivity contribution in [3.63, 3.8) is 0 Å². The Morgan fingerprint density at radius 1 is 1.38 bits per heavy atom. The SMILES string of the molecule is C[CH+]OCCOCC. The van der Waals surface area contributed by atoms with Crippen LogP contribution in [-0.2, 0) is 9.47 Å². The van der Waals surface area contributed by atoms with Crippen molar-refractivity contribution in [1.29, 1.82) is 0 Å². The highest BCUT2D eigenvalue weighted by Gasteiger charge is 1.88. The highest BCUT2D eigenvalue weighted by Crippen LogP contribution is 1.79. The van der Waals surface area contributed by atoms with Crippen LogP contribution in [0.15, 0.2) is 0 Å². The lowest BCUT2D eigenvalue weighted by Gasteiger charge is -1.93. The Bertz CT molecular complexity index is 31.5. The molecule has 2 heteroatoms. The topological polar surface area (TPSA) is 18.5 Å². The first-order chi connectivity index (χ1) is 3.91. The molecule has 0 aliphatic rings. The van der Waals surface area contributed by atoms with Crippen molar-refractivity contribution in [2.75, 3.05) is 19.8 Å². The molecule has 0 saturated heterocycles. The fourth-order valence-corrected chi connectivity index (χ4v) is 0.369. The second-order valence-corrected chi connectivity index (χ2v) is 1.30. The van der Waals surface area contributed by atoms with Crippen molar-refractivity contribution in [2.24, 2.45) is 0 Å². The first kappa shape index (κ1) is 7.79. The summed E-state index contributed by atoms with van der Waals surface area (Å²) in [5.74, 6) is 0. The van der Waals surface area contributed by atoms with Gasteiger partial charge < -0.3 is 4.74 Å². The Morgan fingerprint density at radius 2 is 2.12 bits per heavy atom. The predicted molar refractivity (Wildman–Crippen MR) is 32.4 cm³/mol. The molecule has 0 aromatic carbocycles. The molecule has 2 nitrogen and oxygen atoms in total. The average Bonchev–Trinajstić information content (AvgIpc) is 1.81. The molecule has 0 bridgehead atoms. The van der Waals surface area contributed by atoms with Crippen molar-refractivity contribution in [2.45, 2.75) is 13.8 Å². The van der Waals surface area contributed by atoms with Gasteiger partial charge in [0.05, 0.1) is 6.61 Å². The molecule has 0 aromatic heterocycles. The molecule has 0 unspecified atom stereocenters. The molecular weight excluding hydrogens is 104 g/mol. The van der Waals surface area contributed by atoms with Gasteiger partial charge in [-0.1, -0.05) is 0 Å². The Hall–Kier alpha value is -0.210. The van der Waals surface area contributed by atoms with Crippen molar-refractivity contribution < 1.29 is 9.47 Å². The van der Waals surface area contributed by atoms with E-state index in [1.54, 1.807) is 6.61 Å². The van der Waals surface area contributed by atoms with E-state index < -0.39 is 0 Å². The Morgan fingerprint density at radius 3 is 2.62 bits per heavy atom. The molecule has 0 aliphatic carbocycles. The summed E-state index contributed by atoms with van der Waals surface area (Å²) in [7, 11) is 0. The van der Waals surface area contributed by atoms with Gasteiger partial charge in [-0.2, -0.15) is 4.74 Å². The molecule has 0 fully saturated rings. The maximum absolute atomic E-state index is 4.99. The number of hydrogen-bond donors (Lipinski definition) is 0. The zero-order valence-electron chi connectivity index (χ0n) is 5.52. The van der Waals surface area contributed by atoms with Crippen molar-refractivity contribution in [3.05, 3.63) is 6.61 Å². The molecule has 0 amide bonds. The highest BCUT2D eigenvalue weighted by molar-refractivity contribution is 4.34. The molecule has 0 radical (unpaired) electrons. The minimum absolute atomic E-state index is 0.671.